The number of likely N-dealkylation sites (tertiary alicyclic amines) is 2. The number of halogens is 7. The minimum atomic E-state index is -5.09. The van der Waals surface area contributed by atoms with Gasteiger partial charge in [-0.1, -0.05) is 12.1 Å². The summed E-state index contributed by atoms with van der Waals surface area (Å²) in [7, 11) is 2.44. The van der Waals surface area contributed by atoms with Gasteiger partial charge in [-0.2, -0.15) is 26.3 Å². The molecule has 2 aliphatic heterocycles. The molecule has 2 aromatic carbocycles. The summed E-state index contributed by atoms with van der Waals surface area (Å²) in [5.74, 6) is -1.16. The molecule has 7 nitrogen and oxygen atoms in total. The molecule has 2 fully saturated rings. The van der Waals surface area contributed by atoms with E-state index in [4.69, 9.17) is 0 Å². The molecule has 240 valence electrons. The maximum Gasteiger partial charge on any atom is 0.416 e. The fourth-order valence-corrected chi connectivity index (χ4v) is 5.87. The van der Waals surface area contributed by atoms with Crippen molar-refractivity contribution in [2.45, 2.75) is 50.5 Å². The second-order valence-corrected chi connectivity index (χ2v) is 11.4. The van der Waals surface area contributed by atoms with Gasteiger partial charge in [0.2, 0.25) is 11.8 Å². The van der Waals surface area contributed by atoms with E-state index in [0.717, 1.165) is 7.05 Å². The molecule has 4 rings (SSSR count). The van der Waals surface area contributed by atoms with Crippen LogP contribution in [0, 0.1) is 11.7 Å². The van der Waals surface area contributed by atoms with Gasteiger partial charge in [0.1, 0.15) is 5.82 Å². The summed E-state index contributed by atoms with van der Waals surface area (Å²) >= 11 is 0. The average molecular weight is 631 g/mol. The van der Waals surface area contributed by atoms with Gasteiger partial charge < -0.3 is 14.7 Å². The predicted octanol–water partition coefficient (Wildman–Crippen LogP) is 5.99. The minimum absolute atomic E-state index is 0.0134. The lowest BCUT2D eigenvalue weighted by atomic mass is 9.93. The minimum Gasteiger partial charge on any atom is -0.343 e. The number of rotatable bonds is 5. The van der Waals surface area contributed by atoms with Crippen molar-refractivity contribution < 1.29 is 45.1 Å². The van der Waals surface area contributed by atoms with E-state index in [1.54, 1.807) is 9.80 Å². The third kappa shape index (κ3) is 7.44. The Morgan fingerprint density at radius 2 is 1.39 bits per heavy atom. The zero-order valence-corrected chi connectivity index (χ0v) is 24.4. The van der Waals surface area contributed by atoms with Crippen molar-refractivity contribution in [1.29, 1.82) is 0 Å². The summed E-state index contributed by atoms with van der Waals surface area (Å²) in [6, 6.07) is 4.82. The van der Waals surface area contributed by atoms with Crippen LogP contribution in [-0.4, -0.2) is 78.9 Å². The molecule has 14 heteroatoms. The zero-order chi connectivity index (χ0) is 32.6. The summed E-state index contributed by atoms with van der Waals surface area (Å²) in [6.07, 6.45) is -8.65. The van der Waals surface area contributed by atoms with Gasteiger partial charge in [-0.3, -0.25) is 14.5 Å². The number of urea groups is 1. The Morgan fingerprint density at radius 1 is 0.841 bits per heavy atom. The molecule has 2 heterocycles. The lowest BCUT2D eigenvalue weighted by Crippen LogP contribution is -2.47. The molecule has 0 bridgehead atoms. The molecule has 2 saturated heterocycles. The number of anilines is 1. The van der Waals surface area contributed by atoms with E-state index in [0.29, 0.717) is 48.5 Å². The number of benzene rings is 2. The number of alkyl halides is 6. The van der Waals surface area contributed by atoms with Crippen molar-refractivity contribution in [3.8, 4) is 0 Å². The van der Waals surface area contributed by atoms with Gasteiger partial charge in [0.15, 0.2) is 0 Å². The predicted molar refractivity (Wildman–Crippen MR) is 147 cm³/mol. The smallest absolute Gasteiger partial charge is 0.343 e. The maximum absolute atomic E-state index is 13.7. The van der Waals surface area contributed by atoms with E-state index in [-0.39, 0.29) is 43.3 Å². The second-order valence-electron chi connectivity index (χ2n) is 11.4. The lowest BCUT2D eigenvalue weighted by Gasteiger charge is -2.33. The highest BCUT2D eigenvalue weighted by molar-refractivity contribution is 5.92. The molecular weight excluding hydrogens is 597 g/mol. The van der Waals surface area contributed by atoms with Crippen LogP contribution in [0.3, 0.4) is 0 Å². The number of likely N-dealkylation sites (N-methyl/N-ethyl adjacent to an activating group) is 1. The SMILES string of the molecule is CC(=O)N1CCC(CC(=O)N2C[C@@H](N(C)C(=O)N(C)c3cc(C(F)(F)F)cc(C(F)(F)F)c3)[C@H](c3ccc(F)cc3)C2)CC1. The Hall–Kier alpha value is -3.84. The highest BCUT2D eigenvalue weighted by Gasteiger charge is 2.42. The molecule has 0 saturated carbocycles. The highest BCUT2D eigenvalue weighted by atomic mass is 19.4. The number of piperidine rings is 1. The van der Waals surface area contributed by atoms with Crippen LogP contribution < -0.4 is 4.90 Å². The molecule has 0 spiro atoms. The van der Waals surface area contributed by atoms with Crippen LogP contribution in [0.4, 0.5) is 41.2 Å². The third-order valence-electron chi connectivity index (χ3n) is 8.51. The van der Waals surface area contributed by atoms with Crippen molar-refractivity contribution in [1.82, 2.24) is 14.7 Å². The molecular formula is C30H33F7N4O3. The molecule has 2 atom stereocenters. The number of hydrogen-bond donors (Lipinski definition) is 0. The van der Waals surface area contributed by atoms with Crippen molar-refractivity contribution >= 4 is 23.5 Å². The van der Waals surface area contributed by atoms with E-state index < -0.39 is 53.0 Å². The van der Waals surface area contributed by atoms with E-state index in [2.05, 4.69) is 0 Å². The molecule has 0 N–H and O–H groups in total. The fourth-order valence-electron chi connectivity index (χ4n) is 5.87. The monoisotopic (exact) mass is 630 g/mol. The molecule has 0 radical (unpaired) electrons. The maximum atomic E-state index is 13.7. The summed E-state index contributed by atoms with van der Waals surface area (Å²) in [5.41, 5.74) is -3.10. The zero-order valence-electron chi connectivity index (χ0n) is 24.4. The van der Waals surface area contributed by atoms with Gasteiger partial charge in [0.25, 0.3) is 0 Å². The first-order chi connectivity index (χ1) is 20.5. The van der Waals surface area contributed by atoms with Crippen LogP contribution >= 0.6 is 0 Å². The second kappa shape index (κ2) is 12.6. The van der Waals surface area contributed by atoms with Gasteiger partial charge in [0.05, 0.1) is 17.2 Å². The summed E-state index contributed by atoms with van der Waals surface area (Å²) < 4.78 is 94.4. The first kappa shape index (κ1) is 33.1. The number of hydrogen-bond acceptors (Lipinski definition) is 3. The van der Waals surface area contributed by atoms with Gasteiger partial charge in [-0.05, 0) is 54.7 Å². The molecule has 0 aliphatic carbocycles. The van der Waals surface area contributed by atoms with Crippen LogP contribution in [0.5, 0.6) is 0 Å². The molecule has 0 aromatic heterocycles. The van der Waals surface area contributed by atoms with Crippen LogP contribution in [0.25, 0.3) is 0 Å². The molecule has 4 amide bonds. The number of amides is 4. The van der Waals surface area contributed by atoms with Crippen LogP contribution in [0.1, 0.15) is 48.8 Å². The number of carbonyl (C=O) groups excluding carboxylic acids is 3. The Morgan fingerprint density at radius 3 is 1.89 bits per heavy atom. The van der Waals surface area contributed by atoms with E-state index in [9.17, 15) is 45.1 Å². The van der Waals surface area contributed by atoms with Gasteiger partial charge in [-0.15, -0.1) is 0 Å². The third-order valence-corrected chi connectivity index (χ3v) is 8.51. The largest absolute Gasteiger partial charge is 0.416 e. The van der Waals surface area contributed by atoms with Crippen LogP contribution in [0.15, 0.2) is 42.5 Å². The fraction of sp³-hybridized carbons (Fsp3) is 0.500. The van der Waals surface area contributed by atoms with E-state index in [1.807, 2.05) is 0 Å². The van der Waals surface area contributed by atoms with Gasteiger partial charge in [-0.25, -0.2) is 9.18 Å². The first-order valence-corrected chi connectivity index (χ1v) is 14.0. The Labute approximate surface area is 250 Å². The van der Waals surface area contributed by atoms with Crippen molar-refractivity contribution in [2.75, 3.05) is 45.2 Å². The molecule has 2 aromatic rings. The summed E-state index contributed by atoms with van der Waals surface area (Å²) in [6.45, 7) is 2.81. The van der Waals surface area contributed by atoms with E-state index in [1.165, 1.54) is 43.1 Å². The van der Waals surface area contributed by atoms with E-state index >= 15 is 0 Å². The van der Waals surface area contributed by atoms with Crippen molar-refractivity contribution in [3.05, 3.63) is 65.0 Å². The normalized spacial score (nSPS) is 19.7. The standard InChI is InChI=1S/C30H33F7N4O3/c1-18(42)40-10-8-19(9-11-40)12-27(43)41-16-25(20-4-6-23(31)7-5-20)26(17-41)39(3)28(44)38(2)24-14-21(29(32,33)34)13-22(15-24)30(35,36)37/h4-7,13-15,19,25-26H,8-12,16-17H2,1-3H3/t25-,26+/m0/s1. The number of nitrogens with zero attached hydrogens (tertiary/aromatic N) is 4. The summed E-state index contributed by atoms with van der Waals surface area (Å²) in [5, 5.41) is 0. The Balaban J connectivity index is 1.57. The van der Waals surface area contributed by atoms with Crippen LogP contribution in [0.2, 0.25) is 0 Å². The number of carbonyl (C=O) groups is 3. The van der Waals surface area contributed by atoms with Crippen molar-refractivity contribution in [3.63, 3.8) is 0 Å². The topological polar surface area (TPSA) is 64.2 Å². The van der Waals surface area contributed by atoms with Gasteiger partial charge in [0, 0.05) is 65.2 Å². The molecule has 44 heavy (non-hydrogen) atoms. The quantitative estimate of drug-likeness (QED) is 0.381. The molecule has 2 aliphatic rings. The highest BCUT2D eigenvalue weighted by Crippen LogP contribution is 2.39. The average Bonchev–Trinajstić information content (AvgIpc) is 3.41. The summed E-state index contributed by atoms with van der Waals surface area (Å²) in [4.78, 5) is 43.8. The lowest BCUT2D eigenvalue weighted by molar-refractivity contribution is -0.143. The van der Waals surface area contributed by atoms with Crippen LogP contribution in [-0.2, 0) is 21.9 Å². The Kier molecular flexibility index (Phi) is 9.50. The Bertz CT molecular complexity index is 1340. The first-order valence-electron chi connectivity index (χ1n) is 14.0. The van der Waals surface area contributed by atoms with Crippen molar-refractivity contribution in [2.24, 2.45) is 5.92 Å². The molecule has 0 unspecified atom stereocenters. The van der Waals surface area contributed by atoms with Gasteiger partial charge >= 0.3 is 18.4 Å².